The summed E-state index contributed by atoms with van der Waals surface area (Å²) in [6.07, 6.45) is 4.79. The van der Waals surface area contributed by atoms with Gasteiger partial charge in [-0.15, -0.1) is 5.10 Å². The van der Waals surface area contributed by atoms with Gasteiger partial charge in [-0.3, -0.25) is 4.79 Å². The molecule has 2 aliphatic rings. The van der Waals surface area contributed by atoms with Gasteiger partial charge >= 0.3 is 0 Å². The van der Waals surface area contributed by atoms with Crippen LogP contribution in [0, 0.1) is 0 Å². The van der Waals surface area contributed by atoms with E-state index >= 15 is 0 Å². The van der Waals surface area contributed by atoms with Crippen LogP contribution in [0.3, 0.4) is 0 Å². The Labute approximate surface area is 165 Å². The van der Waals surface area contributed by atoms with Crippen LogP contribution in [0.1, 0.15) is 28.8 Å². The van der Waals surface area contributed by atoms with Crippen molar-refractivity contribution < 1.29 is 13.6 Å². The van der Waals surface area contributed by atoms with Gasteiger partial charge in [0, 0.05) is 49.5 Å². The molecule has 1 saturated heterocycles. The minimum absolute atomic E-state index is 0.0671. The van der Waals surface area contributed by atoms with Gasteiger partial charge in [0.25, 0.3) is 11.8 Å². The molecule has 0 saturated carbocycles. The maximum atomic E-state index is 13.4. The third kappa shape index (κ3) is 3.28. The number of fused-ring (bicyclic) bond motifs is 2. The summed E-state index contributed by atoms with van der Waals surface area (Å²) < 4.78 is 28.4. The number of alkyl halides is 2. The number of nitrogens with zero attached hydrogens (tertiary/aromatic N) is 4. The van der Waals surface area contributed by atoms with Crippen molar-refractivity contribution in [3.8, 4) is 0 Å². The first-order valence-electron chi connectivity index (χ1n) is 9.34. The van der Waals surface area contributed by atoms with E-state index in [4.69, 9.17) is 0 Å². The van der Waals surface area contributed by atoms with Crippen molar-refractivity contribution in [1.82, 2.24) is 19.7 Å². The maximum Gasteiger partial charge on any atom is 0.253 e. The van der Waals surface area contributed by atoms with Crippen LogP contribution in [-0.2, 0) is 0 Å². The molecule has 148 valence electrons. The van der Waals surface area contributed by atoms with Gasteiger partial charge in [-0.05, 0) is 30.3 Å². The lowest BCUT2D eigenvalue weighted by molar-refractivity contribution is -0.0494. The average Bonchev–Trinajstić information content (AvgIpc) is 3.20. The highest BCUT2D eigenvalue weighted by Gasteiger charge is 2.35. The molecule has 2 aromatic heterocycles. The molecule has 1 amide bonds. The van der Waals surface area contributed by atoms with Crippen molar-refractivity contribution in [1.29, 1.82) is 0 Å². The fourth-order valence-electron chi connectivity index (χ4n) is 3.59. The summed E-state index contributed by atoms with van der Waals surface area (Å²) in [6.45, 7) is 0.134. The summed E-state index contributed by atoms with van der Waals surface area (Å²) in [5.74, 6) is -2.91. The Morgan fingerprint density at radius 2 is 1.93 bits per heavy atom. The molecule has 0 bridgehead atoms. The van der Waals surface area contributed by atoms with E-state index in [9.17, 15) is 13.6 Å². The van der Waals surface area contributed by atoms with Crippen molar-refractivity contribution in [2.45, 2.75) is 18.8 Å². The van der Waals surface area contributed by atoms with E-state index in [1.54, 1.807) is 22.8 Å². The highest BCUT2D eigenvalue weighted by molar-refractivity contribution is 5.98. The number of amides is 1. The number of hydrogen-bond donors (Lipinski definition) is 2. The zero-order chi connectivity index (χ0) is 20.0. The standard InChI is InChI=1S/C20H18F2N6O/c21-20(22)5-7-27(8-6-20)19(29)13-2-4-16-17(9-13)25-18(11-23-16)14-1-3-15-10-24-26-28(15)12-14/h1-4,9-12,23,25H,5-8H2. The number of likely N-dealkylation sites (tertiary alicyclic amines) is 1. The SMILES string of the molecule is O=C(c1ccc2c(c1)NC(c1ccc3cnnn3c1)=CN2)N1CCC(F)(F)CC1. The van der Waals surface area contributed by atoms with Crippen LogP contribution in [0.15, 0.2) is 48.9 Å². The Morgan fingerprint density at radius 1 is 1.10 bits per heavy atom. The van der Waals surface area contributed by atoms with Crippen molar-refractivity contribution in [2.75, 3.05) is 23.7 Å². The van der Waals surface area contributed by atoms with Crippen LogP contribution in [0.4, 0.5) is 20.2 Å². The molecule has 3 aromatic rings. The summed E-state index contributed by atoms with van der Waals surface area (Å²) >= 11 is 0. The van der Waals surface area contributed by atoms with Gasteiger partial charge in [0.05, 0.1) is 28.8 Å². The molecule has 29 heavy (non-hydrogen) atoms. The Balaban J connectivity index is 1.37. The smallest absolute Gasteiger partial charge is 0.253 e. The van der Waals surface area contributed by atoms with Crippen LogP contribution in [-0.4, -0.2) is 44.6 Å². The highest BCUT2D eigenvalue weighted by atomic mass is 19.3. The van der Waals surface area contributed by atoms with Crippen LogP contribution in [0.2, 0.25) is 0 Å². The highest BCUT2D eigenvalue weighted by Crippen LogP contribution is 2.33. The Hall–Kier alpha value is -3.49. The second kappa shape index (κ2) is 6.54. The predicted octanol–water partition coefficient (Wildman–Crippen LogP) is 3.44. The summed E-state index contributed by atoms with van der Waals surface area (Å²) in [5, 5.41) is 14.4. The molecule has 2 N–H and O–H groups in total. The molecular weight excluding hydrogens is 378 g/mol. The van der Waals surface area contributed by atoms with Crippen LogP contribution in [0.25, 0.3) is 11.2 Å². The fraction of sp³-hybridized carbons (Fsp3) is 0.250. The van der Waals surface area contributed by atoms with Crippen molar-refractivity contribution in [3.05, 3.63) is 60.1 Å². The molecular formula is C20H18F2N6O. The summed E-state index contributed by atoms with van der Waals surface area (Å²) in [7, 11) is 0. The lowest BCUT2D eigenvalue weighted by Crippen LogP contribution is -2.42. The van der Waals surface area contributed by atoms with E-state index in [0.29, 0.717) is 5.56 Å². The zero-order valence-electron chi connectivity index (χ0n) is 15.4. The molecule has 1 aromatic carbocycles. The Bertz CT molecular complexity index is 1130. The van der Waals surface area contributed by atoms with Gasteiger partial charge in [-0.25, -0.2) is 13.3 Å². The lowest BCUT2D eigenvalue weighted by atomic mass is 10.0. The van der Waals surface area contributed by atoms with E-state index in [1.165, 1.54) is 4.90 Å². The molecule has 0 radical (unpaired) electrons. The van der Waals surface area contributed by atoms with Crippen molar-refractivity contribution in [2.24, 2.45) is 0 Å². The van der Waals surface area contributed by atoms with E-state index in [-0.39, 0.29) is 31.8 Å². The predicted molar refractivity (Wildman–Crippen MR) is 105 cm³/mol. The summed E-state index contributed by atoms with van der Waals surface area (Å²) in [6, 6.07) is 9.13. The molecule has 2 aliphatic heterocycles. The molecule has 1 fully saturated rings. The second-order valence-electron chi connectivity index (χ2n) is 7.26. The maximum absolute atomic E-state index is 13.4. The molecule has 0 atom stereocenters. The van der Waals surface area contributed by atoms with Crippen LogP contribution < -0.4 is 10.6 Å². The second-order valence-corrected chi connectivity index (χ2v) is 7.26. The first kappa shape index (κ1) is 17.6. The molecule has 4 heterocycles. The zero-order valence-corrected chi connectivity index (χ0v) is 15.4. The molecule has 0 unspecified atom stereocenters. The quantitative estimate of drug-likeness (QED) is 0.694. The number of hydrogen-bond acceptors (Lipinski definition) is 5. The van der Waals surface area contributed by atoms with Gasteiger partial charge in [0.2, 0.25) is 0 Å². The van der Waals surface area contributed by atoms with Crippen molar-refractivity contribution >= 4 is 28.5 Å². The molecule has 9 heteroatoms. The number of carbonyl (C=O) groups is 1. The van der Waals surface area contributed by atoms with Crippen LogP contribution in [0.5, 0.6) is 0 Å². The van der Waals surface area contributed by atoms with Gasteiger partial charge < -0.3 is 15.5 Å². The van der Waals surface area contributed by atoms with Gasteiger partial charge in [-0.2, -0.15) is 0 Å². The van der Waals surface area contributed by atoms with E-state index in [1.807, 2.05) is 30.6 Å². The Morgan fingerprint density at radius 3 is 2.76 bits per heavy atom. The van der Waals surface area contributed by atoms with Crippen LogP contribution >= 0.6 is 0 Å². The number of pyridine rings is 1. The molecule has 0 spiro atoms. The molecule has 7 nitrogen and oxygen atoms in total. The van der Waals surface area contributed by atoms with Gasteiger partial charge in [-0.1, -0.05) is 5.21 Å². The number of benzene rings is 1. The van der Waals surface area contributed by atoms with Gasteiger partial charge in [0.15, 0.2) is 0 Å². The number of carbonyl (C=O) groups excluding carboxylic acids is 1. The minimum atomic E-state index is -2.68. The number of rotatable bonds is 2. The van der Waals surface area contributed by atoms with E-state index in [0.717, 1.165) is 28.2 Å². The number of piperidine rings is 1. The first-order valence-corrected chi connectivity index (χ1v) is 9.34. The Kier molecular flexibility index (Phi) is 3.97. The van der Waals surface area contributed by atoms with E-state index < -0.39 is 5.92 Å². The molecule has 0 aliphatic carbocycles. The average molecular weight is 396 g/mol. The minimum Gasteiger partial charge on any atom is -0.358 e. The third-order valence-corrected chi connectivity index (χ3v) is 5.30. The molecule has 5 rings (SSSR count). The number of halogens is 2. The normalized spacial score (nSPS) is 17.9. The summed E-state index contributed by atoms with van der Waals surface area (Å²) in [5.41, 5.74) is 4.65. The topological polar surface area (TPSA) is 74.6 Å². The fourth-order valence-corrected chi connectivity index (χ4v) is 3.59. The van der Waals surface area contributed by atoms with E-state index in [2.05, 4.69) is 20.9 Å². The number of anilines is 2. The summed E-state index contributed by atoms with van der Waals surface area (Å²) in [4.78, 5) is 14.3. The third-order valence-electron chi connectivity index (χ3n) is 5.30. The number of nitrogens with one attached hydrogen (secondary N) is 2. The number of aromatic nitrogens is 3. The largest absolute Gasteiger partial charge is 0.358 e. The lowest BCUT2D eigenvalue weighted by Gasteiger charge is -2.32. The van der Waals surface area contributed by atoms with Gasteiger partial charge in [0.1, 0.15) is 0 Å². The first-order chi connectivity index (χ1) is 14.0. The monoisotopic (exact) mass is 396 g/mol. The van der Waals surface area contributed by atoms with Crippen molar-refractivity contribution in [3.63, 3.8) is 0 Å².